The number of nitrogens with two attached hydrogens (primary N) is 1. The van der Waals surface area contributed by atoms with E-state index in [0.717, 1.165) is 33.0 Å². The highest BCUT2D eigenvalue weighted by atomic mass is 31.3. The Morgan fingerprint density at radius 3 is 1.99 bits per heavy atom. The van der Waals surface area contributed by atoms with E-state index < -0.39 is 210 Å². The second kappa shape index (κ2) is 30.9. The fraction of sp³-hybridized carbons (Fsp3) is 0.690. The lowest BCUT2D eigenvalue weighted by molar-refractivity contribution is -0.261. The molecule has 5 amide bonds. The summed E-state index contributed by atoms with van der Waals surface area (Å²) >= 11 is 0. The summed E-state index contributed by atoms with van der Waals surface area (Å²) in [5, 5.41) is 83.8. The van der Waals surface area contributed by atoms with Gasteiger partial charge in [-0.2, -0.15) is 4.31 Å². The number of hydrogen-bond donors (Lipinski definition) is 17. The van der Waals surface area contributed by atoms with E-state index in [4.69, 9.17) is 34.7 Å². The van der Waals surface area contributed by atoms with Crippen molar-refractivity contribution in [1.29, 1.82) is 0 Å². The lowest BCUT2D eigenvalue weighted by atomic mass is 9.96. The van der Waals surface area contributed by atoms with Crippen molar-refractivity contribution in [2.75, 3.05) is 19.8 Å². The van der Waals surface area contributed by atoms with Crippen molar-refractivity contribution >= 4 is 68.9 Å². The number of nitrogens with one attached hydrogen (secondary N) is 7. The predicted molar refractivity (Wildman–Crippen MR) is 264 cm³/mol. The first-order valence-electron chi connectivity index (χ1n) is 24.4. The number of phosphoric acid groups is 2. The molecule has 458 valence electrons. The van der Waals surface area contributed by atoms with Gasteiger partial charge in [0.25, 0.3) is 5.56 Å². The molecule has 39 heteroatoms. The summed E-state index contributed by atoms with van der Waals surface area (Å²) in [6.07, 6.45) is -18.0. The summed E-state index contributed by atoms with van der Waals surface area (Å²) in [7, 11) is -11.8. The van der Waals surface area contributed by atoms with Crippen LogP contribution in [0.25, 0.3) is 0 Å². The van der Waals surface area contributed by atoms with Crippen molar-refractivity contribution in [3.63, 3.8) is 0 Å². The second-order valence-electron chi connectivity index (χ2n) is 18.5. The number of aliphatic hydroxyl groups is 4. The zero-order valence-electron chi connectivity index (χ0n) is 43.7. The molecule has 0 aromatic carbocycles. The number of amides is 5. The molecule has 3 heterocycles. The topological polar surface area (TPSA) is 578 Å². The third-order valence-electron chi connectivity index (χ3n) is 12.1. The van der Waals surface area contributed by atoms with Gasteiger partial charge in [-0.25, -0.2) is 18.7 Å². The van der Waals surface area contributed by atoms with E-state index in [2.05, 4.69) is 40.7 Å². The molecule has 0 aliphatic carbocycles. The Labute approximate surface area is 457 Å². The summed E-state index contributed by atoms with van der Waals surface area (Å²) in [6.45, 7) is 2.81. The quantitative estimate of drug-likeness (QED) is 0.0291. The number of carbonyl (C=O) groups excluding carboxylic acids is 6. The highest BCUT2D eigenvalue weighted by Crippen LogP contribution is 2.61. The molecule has 1 aromatic rings. The van der Waals surface area contributed by atoms with Crippen LogP contribution in [-0.2, 0) is 79.8 Å². The van der Waals surface area contributed by atoms with Crippen LogP contribution in [0.5, 0.6) is 0 Å². The number of nitrogens with zero attached hydrogens (tertiary/aromatic N) is 1. The average molecular weight is 1210 g/mol. The Kier molecular flexibility index (Phi) is 26.4. The molecule has 18 atom stereocenters. The van der Waals surface area contributed by atoms with Gasteiger partial charge in [0, 0.05) is 25.6 Å². The van der Waals surface area contributed by atoms with Gasteiger partial charge < -0.3 is 92.1 Å². The molecular weight excluding hydrogens is 1140 g/mol. The first-order valence-corrected chi connectivity index (χ1v) is 27.4. The van der Waals surface area contributed by atoms with Crippen LogP contribution in [0.2, 0.25) is 0 Å². The maximum atomic E-state index is 13.4. The molecule has 2 saturated heterocycles. The summed E-state index contributed by atoms with van der Waals surface area (Å²) in [5.41, 5.74) is 3.65. The number of carboxylic acid groups (broad SMARTS) is 3. The fourth-order valence-corrected chi connectivity index (χ4v) is 9.68. The van der Waals surface area contributed by atoms with Crippen molar-refractivity contribution in [1.82, 2.24) is 41.5 Å². The van der Waals surface area contributed by atoms with Crippen LogP contribution < -0.4 is 48.9 Å². The Bertz CT molecular complexity index is 2640. The molecule has 0 radical (unpaired) electrons. The van der Waals surface area contributed by atoms with E-state index >= 15 is 0 Å². The number of ketones is 1. The lowest BCUT2D eigenvalue weighted by Crippen LogP contribution is -2.66. The molecule has 18 N–H and O–H groups in total. The van der Waals surface area contributed by atoms with Gasteiger partial charge in [-0.1, -0.05) is 0 Å². The molecular formula is C42H67N9O28P2. The number of aromatic amines is 1. The standard InChI is InChI=1S/C42H67N9O28P2/c1-16(24(54)13-44-18(3)38(63)64)45-36(62)22(8-6-7-21(43)39(65)66)48-27(55)10-9-23(40(67)68)49-34(60)17(2)46-35(61)19(4)75-33-29(47-20(5)53)41(77-25(14-52)31(33)58)78-81(72,73)79-80(70,71)74-15-26-30(57)32(59)37(76-26)51-12-11-28(56)50-42(51)69/h11-12,16-19,21-23,25-26,29-33,37,41,44,52,57-59H,6-10,13-15,43H2,1-5H3,(H,45,62)(H,46,61)(H,47,53)(H,48,55)(H,49,60)(H,63,64)(H,65,66)(H,67,68)(H,70,71)(H,72,73)(H,50,56,69)/t16-,17+,18-,19-,21-,22+,23-,25-,26-,29-,30-,31-,32-,33-,37-,41-/m1/s1. The number of H-pyrrole nitrogens is 1. The van der Waals surface area contributed by atoms with Crippen LogP contribution in [0.15, 0.2) is 21.9 Å². The average Bonchev–Trinajstić information content (AvgIpc) is 3.65. The van der Waals surface area contributed by atoms with Gasteiger partial charge in [-0.3, -0.25) is 67.1 Å². The monoisotopic (exact) mass is 1210 g/mol. The van der Waals surface area contributed by atoms with Gasteiger partial charge in [-0.05, 0) is 53.4 Å². The summed E-state index contributed by atoms with van der Waals surface area (Å²) < 4.78 is 57.1. The Balaban J connectivity index is 1.66. The van der Waals surface area contributed by atoms with Gasteiger partial charge in [-0.15, -0.1) is 0 Å². The van der Waals surface area contributed by atoms with Crippen LogP contribution in [0.4, 0.5) is 0 Å². The Hall–Kier alpha value is -5.99. The number of carbonyl (C=O) groups is 9. The molecule has 2 aliphatic rings. The first-order chi connectivity index (χ1) is 37.6. The number of aliphatic hydroxyl groups excluding tert-OH is 4. The van der Waals surface area contributed by atoms with Crippen LogP contribution in [0, 0.1) is 0 Å². The molecule has 1 aromatic heterocycles. The van der Waals surface area contributed by atoms with Crippen LogP contribution in [0.1, 0.15) is 73.0 Å². The number of aliphatic carboxylic acids is 3. The highest BCUT2D eigenvalue weighted by Gasteiger charge is 2.52. The minimum atomic E-state index is -5.97. The van der Waals surface area contributed by atoms with E-state index in [-0.39, 0.29) is 19.3 Å². The third kappa shape index (κ3) is 21.4. The second-order valence-corrected chi connectivity index (χ2v) is 21.5. The van der Waals surface area contributed by atoms with Gasteiger partial charge in [0.15, 0.2) is 18.3 Å². The van der Waals surface area contributed by atoms with Crippen molar-refractivity contribution in [3.05, 3.63) is 33.1 Å². The van der Waals surface area contributed by atoms with Crippen molar-refractivity contribution in [3.8, 4) is 0 Å². The molecule has 37 nitrogen and oxygen atoms in total. The van der Waals surface area contributed by atoms with E-state index in [1.54, 1.807) is 0 Å². The number of Topliss-reactive ketones (excluding diaryl/α,β-unsaturated/α-hetero) is 1. The van der Waals surface area contributed by atoms with Crippen LogP contribution in [0.3, 0.4) is 0 Å². The molecule has 3 rings (SSSR count). The molecule has 0 saturated carbocycles. The Morgan fingerprint density at radius 1 is 0.765 bits per heavy atom. The molecule has 0 bridgehead atoms. The van der Waals surface area contributed by atoms with E-state index in [0.29, 0.717) is 4.57 Å². The van der Waals surface area contributed by atoms with Crippen molar-refractivity contribution in [2.24, 2.45) is 5.73 Å². The molecule has 0 spiro atoms. The number of aromatic nitrogens is 2. The van der Waals surface area contributed by atoms with E-state index in [9.17, 15) is 97.2 Å². The number of hydrogen-bond acceptors (Lipinski definition) is 25. The predicted octanol–water partition coefficient (Wildman–Crippen LogP) is -7.18. The summed E-state index contributed by atoms with van der Waals surface area (Å²) in [5.74, 6) is -10.1. The van der Waals surface area contributed by atoms with Crippen molar-refractivity contribution in [2.45, 2.75) is 164 Å². The van der Waals surface area contributed by atoms with Gasteiger partial charge in [0.1, 0.15) is 79.0 Å². The minimum Gasteiger partial charge on any atom is -0.480 e. The SMILES string of the molecule is CC(=O)N[C@H]1[C@@H](OP(=O)(O)OP(=O)(O)OC[C@H]2O[C@@H](n3ccc(=O)[nH]c3=O)[C@H](O)[C@@H]2O)O[C@H](CO)[C@@H](O)[C@@H]1O[C@H](C)C(=O)N[C@@H](C)C(=O)N[C@H](CCC(=O)N[C@@H](CCC[C@@H](N)C(=O)O)C(=O)N[C@H](C)C(=O)CN[C@H](C)C(=O)O)C(=O)O. The minimum absolute atomic E-state index is 0.0371. The molecule has 2 unspecified atom stereocenters. The van der Waals surface area contributed by atoms with Crippen LogP contribution in [-0.4, -0.2) is 219 Å². The van der Waals surface area contributed by atoms with Gasteiger partial charge in [0.05, 0.1) is 25.8 Å². The first kappa shape index (κ1) is 69.3. The maximum Gasteiger partial charge on any atom is 0.483 e. The maximum absolute atomic E-state index is 13.4. The van der Waals surface area contributed by atoms with Gasteiger partial charge >= 0.3 is 39.2 Å². The smallest absolute Gasteiger partial charge is 0.480 e. The van der Waals surface area contributed by atoms with E-state index in [1.165, 1.54) is 13.8 Å². The number of ether oxygens (including phenoxy) is 3. The summed E-state index contributed by atoms with van der Waals surface area (Å²) in [6, 6.07) is -9.60. The highest BCUT2D eigenvalue weighted by molar-refractivity contribution is 7.61. The molecule has 2 fully saturated rings. The summed E-state index contributed by atoms with van der Waals surface area (Å²) in [4.78, 5) is 159. The number of phosphoric ester groups is 2. The fourth-order valence-electron chi connectivity index (χ4n) is 7.52. The molecule has 81 heavy (non-hydrogen) atoms. The zero-order valence-corrected chi connectivity index (χ0v) is 45.5. The third-order valence-corrected chi connectivity index (χ3v) is 14.7. The number of carboxylic acids is 3. The van der Waals surface area contributed by atoms with Crippen LogP contribution >= 0.6 is 15.6 Å². The zero-order chi connectivity index (χ0) is 61.4. The van der Waals surface area contributed by atoms with Crippen molar-refractivity contribution < 1.29 is 125 Å². The largest absolute Gasteiger partial charge is 0.483 e. The number of rotatable bonds is 33. The molecule has 2 aliphatic heterocycles. The van der Waals surface area contributed by atoms with E-state index in [1.807, 2.05) is 4.98 Å². The lowest BCUT2D eigenvalue weighted by Gasteiger charge is -2.44. The normalized spacial score (nSPS) is 25.9. The van der Waals surface area contributed by atoms with Gasteiger partial charge in [0.2, 0.25) is 29.5 Å². The Morgan fingerprint density at radius 2 is 1.41 bits per heavy atom.